The van der Waals surface area contributed by atoms with Gasteiger partial charge in [-0.25, -0.2) is 4.79 Å². The van der Waals surface area contributed by atoms with E-state index in [9.17, 15) is 4.79 Å². The Morgan fingerprint density at radius 3 is 2.75 bits per heavy atom. The van der Waals surface area contributed by atoms with Crippen LogP contribution in [0.15, 0.2) is 30.3 Å². The number of carbonyl (C=O) groups excluding carboxylic acids is 1. The minimum absolute atomic E-state index is 0.254. The first-order valence-electron chi connectivity index (χ1n) is 7.14. The predicted octanol–water partition coefficient (Wildman–Crippen LogP) is 3.72. The van der Waals surface area contributed by atoms with Crippen molar-refractivity contribution in [3.8, 4) is 11.8 Å². The van der Waals surface area contributed by atoms with Crippen LogP contribution in [0.2, 0.25) is 0 Å². The summed E-state index contributed by atoms with van der Waals surface area (Å²) in [5.74, 6) is 6.25. The largest absolute Gasteiger partial charge is 0.510 e. The number of ether oxygens (including phenoxy) is 2. The molecule has 1 aromatic carbocycles. The molecule has 1 unspecified atom stereocenters. The van der Waals surface area contributed by atoms with E-state index in [4.69, 9.17) is 9.47 Å². The molecule has 0 saturated carbocycles. The monoisotopic (exact) mass is 272 g/mol. The normalized spacial score (nSPS) is 20.8. The summed E-state index contributed by atoms with van der Waals surface area (Å²) in [6.07, 6.45) is 3.84. The molecule has 2 rings (SSSR count). The molecule has 0 bridgehead atoms. The van der Waals surface area contributed by atoms with Gasteiger partial charge in [0.2, 0.25) is 5.60 Å². The average Bonchev–Trinajstić information content (AvgIpc) is 2.85. The van der Waals surface area contributed by atoms with Crippen molar-refractivity contribution >= 4 is 6.16 Å². The maximum atomic E-state index is 11.2. The zero-order chi connectivity index (χ0) is 14.3. The maximum Gasteiger partial charge on any atom is 0.510 e. The molecule has 1 heterocycles. The Bertz CT molecular complexity index is 498. The first-order valence-corrected chi connectivity index (χ1v) is 7.14. The zero-order valence-electron chi connectivity index (χ0n) is 11.9. The molecule has 0 aromatic heterocycles. The fourth-order valence-electron chi connectivity index (χ4n) is 2.18. The third-order valence-electron chi connectivity index (χ3n) is 3.33. The Morgan fingerprint density at radius 2 is 2.10 bits per heavy atom. The van der Waals surface area contributed by atoms with Gasteiger partial charge in [0, 0.05) is 12.8 Å². The summed E-state index contributed by atoms with van der Waals surface area (Å²) < 4.78 is 10.2. The number of hydrogen-bond donors (Lipinski definition) is 0. The van der Waals surface area contributed by atoms with E-state index in [1.54, 1.807) is 0 Å². The third-order valence-corrected chi connectivity index (χ3v) is 3.33. The Labute approximate surface area is 120 Å². The molecule has 1 aromatic rings. The highest BCUT2D eigenvalue weighted by Gasteiger charge is 2.40. The zero-order valence-corrected chi connectivity index (χ0v) is 11.9. The van der Waals surface area contributed by atoms with Crippen LogP contribution in [0.4, 0.5) is 4.79 Å². The van der Waals surface area contributed by atoms with Crippen LogP contribution in [-0.2, 0) is 15.9 Å². The van der Waals surface area contributed by atoms with E-state index in [1.165, 1.54) is 5.56 Å². The fraction of sp³-hybridized carbons (Fsp3) is 0.471. The molecular weight excluding hydrogens is 252 g/mol. The van der Waals surface area contributed by atoms with Gasteiger partial charge in [-0.2, -0.15) is 0 Å². The lowest BCUT2D eigenvalue weighted by Gasteiger charge is -2.17. The number of carbonyl (C=O) groups is 1. The van der Waals surface area contributed by atoms with Crippen LogP contribution < -0.4 is 0 Å². The number of hydrogen-bond acceptors (Lipinski definition) is 3. The standard InChI is InChI=1S/C17H20O3/c1-2-3-12-17(14-19-16(18)20-17)13-8-7-11-15-9-5-4-6-10-15/h4-6,9-10H,2-3,7,11-12,14H2,1H3. The molecule has 0 N–H and O–H groups in total. The van der Waals surface area contributed by atoms with Crippen LogP contribution in [0.25, 0.3) is 0 Å². The topological polar surface area (TPSA) is 35.5 Å². The minimum Gasteiger partial charge on any atom is -0.429 e. The summed E-state index contributed by atoms with van der Waals surface area (Å²) >= 11 is 0. The quantitative estimate of drug-likeness (QED) is 0.605. The summed E-state index contributed by atoms with van der Waals surface area (Å²) in [6, 6.07) is 10.2. The SMILES string of the molecule is CCCCC1(C#CCCc2ccccc2)COC(=O)O1. The molecule has 1 aliphatic heterocycles. The molecule has 20 heavy (non-hydrogen) atoms. The van der Waals surface area contributed by atoms with E-state index in [0.29, 0.717) is 0 Å². The molecular formula is C17H20O3. The molecule has 1 atom stereocenters. The van der Waals surface area contributed by atoms with E-state index < -0.39 is 11.8 Å². The molecule has 1 saturated heterocycles. The van der Waals surface area contributed by atoms with Crippen LogP contribution >= 0.6 is 0 Å². The molecule has 0 amide bonds. The van der Waals surface area contributed by atoms with Crippen LogP contribution in [0, 0.1) is 11.8 Å². The highest BCUT2D eigenvalue weighted by Crippen LogP contribution is 2.25. The summed E-state index contributed by atoms with van der Waals surface area (Å²) in [7, 11) is 0. The number of unbranched alkanes of at least 4 members (excludes halogenated alkanes) is 1. The Morgan fingerprint density at radius 1 is 1.30 bits per heavy atom. The first-order chi connectivity index (χ1) is 9.74. The van der Waals surface area contributed by atoms with E-state index in [-0.39, 0.29) is 6.61 Å². The summed E-state index contributed by atoms with van der Waals surface area (Å²) in [6.45, 7) is 2.36. The second kappa shape index (κ2) is 7.00. The Balaban J connectivity index is 1.92. The lowest BCUT2D eigenvalue weighted by atomic mass is 9.98. The van der Waals surface area contributed by atoms with Crippen molar-refractivity contribution in [2.24, 2.45) is 0 Å². The van der Waals surface area contributed by atoms with Crippen molar-refractivity contribution in [3.63, 3.8) is 0 Å². The summed E-state index contributed by atoms with van der Waals surface area (Å²) in [5.41, 5.74) is 0.549. The van der Waals surface area contributed by atoms with Gasteiger partial charge in [-0.15, -0.1) is 0 Å². The van der Waals surface area contributed by atoms with E-state index in [1.807, 2.05) is 18.2 Å². The minimum atomic E-state index is -0.718. The van der Waals surface area contributed by atoms with Gasteiger partial charge in [0.25, 0.3) is 0 Å². The van der Waals surface area contributed by atoms with Gasteiger partial charge in [-0.1, -0.05) is 55.5 Å². The molecule has 106 valence electrons. The molecule has 3 heteroatoms. The second-order valence-electron chi connectivity index (χ2n) is 5.03. The second-order valence-corrected chi connectivity index (χ2v) is 5.03. The van der Waals surface area contributed by atoms with Crippen LogP contribution in [0.1, 0.15) is 38.2 Å². The number of aryl methyl sites for hydroxylation is 1. The highest BCUT2D eigenvalue weighted by atomic mass is 16.8. The lowest BCUT2D eigenvalue weighted by Crippen LogP contribution is -2.29. The van der Waals surface area contributed by atoms with Crippen molar-refractivity contribution in [1.29, 1.82) is 0 Å². The third kappa shape index (κ3) is 4.03. The molecule has 0 aliphatic carbocycles. The molecule has 1 fully saturated rings. The number of benzene rings is 1. The fourth-order valence-corrected chi connectivity index (χ4v) is 2.18. The number of cyclic esters (lactones) is 2. The predicted molar refractivity (Wildman–Crippen MR) is 77.2 cm³/mol. The number of rotatable bonds is 5. The van der Waals surface area contributed by atoms with Gasteiger partial charge in [0.15, 0.2) is 0 Å². The highest BCUT2D eigenvalue weighted by molar-refractivity contribution is 5.63. The van der Waals surface area contributed by atoms with E-state index in [2.05, 4.69) is 30.9 Å². The Kier molecular flexibility index (Phi) is 5.06. The average molecular weight is 272 g/mol. The first kappa shape index (κ1) is 14.5. The smallest absolute Gasteiger partial charge is 0.429 e. The molecule has 1 aliphatic rings. The van der Waals surface area contributed by atoms with Gasteiger partial charge in [0.05, 0.1) is 0 Å². The van der Waals surface area contributed by atoms with Crippen molar-refractivity contribution in [2.75, 3.05) is 6.61 Å². The van der Waals surface area contributed by atoms with Crippen LogP contribution in [0.5, 0.6) is 0 Å². The lowest BCUT2D eigenvalue weighted by molar-refractivity contribution is 0.0884. The molecule has 3 nitrogen and oxygen atoms in total. The molecule has 0 spiro atoms. The summed E-state index contributed by atoms with van der Waals surface area (Å²) in [4.78, 5) is 11.2. The van der Waals surface area contributed by atoms with Crippen LogP contribution in [0.3, 0.4) is 0 Å². The van der Waals surface area contributed by atoms with Gasteiger partial charge in [-0.05, 0) is 18.4 Å². The summed E-state index contributed by atoms with van der Waals surface area (Å²) in [5, 5.41) is 0. The van der Waals surface area contributed by atoms with Crippen molar-refractivity contribution in [3.05, 3.63) is 35.9 Å². The van der Waals surface area contributed by atoms with Gasteiger partial charge >= 0.3 is 6.16 Å². The van der Waals surface area contributed by atoms with Gasteiger partial charge < -0.3 is 9.47 Å². The Hall–Kier alpha value is -1.95. The van der Waals surface area contributed by atoms with Gasteiger partial charge in [0.1, 0.15) is 6.61 Å². The maximum absolute atomic E-state index is 11.2. The van der Waals surface area contributed by atoms with Gasteiger partial charge in [-0.3, -0.25) is 0 Å². The van der Waals surface area contributed by atoms with Crippen molar-refractivity contribution in [1.82, 2.24) is 0 Å². The van der Waals surface area contributed by atoms with Crippen LogP contribution in [-0.4, -0.2) is 18.4 Å². The van der Waals surface area contributed by atoms with Crippen molar-refractivity contribution < 1.29 is 14.3 Å². The van der Waals surface area contributed by atoms with Crippen molar-refractivity contribution in [2.45, 2.75) is 44.6 Å². The van der Waals surface area contributed by atoms with E-state index >= 15 is 0 Å². The molecule has 0 radical (unpaired) electrons. The van der Waals surface area contributed by atoms with E-state index in [0.717, 1.165) is 32.1 Å².